The summed E-state index contributed by atoms with van der Waals surface area (Å²) in [5.74, 6) is 2.10. The van der Waals surface area contributed by atoms with Crippen LogP contribution in [0.1, 0.15) is 114 Å². The molecule has 210 valence electrons. The van der Waals surface area contributed by atoms with E-state index >= 15 is 0 Å². The van der Waals surface area contributed by atoms with Crippen LogP contribution in [0.15, 0.2) is 48.5 Å². The van der Waals surface area contributed by atoms with Gasteiger partial charge in [-0.05, 0) is 55.2 Å². The van der Waals surface area contributed by atoms with Gasteiger partial charge in [0.2, 0.25) is 0 Å². The average molecular weight is 525 g/mol. The number of hydrogen-bond donors (Lipinski definition) is 0. The van der Waals surface area contributed by atoms with Gasteiger partial charge in [0.15, 0.2) is 6.29 Å². The van der Waals surface area contributed by atoms with Gasteiger partial charge < -0.3 is 18.9 Å². The molecule has 0 saturated carbocycles. The number of ether oxygens (including phenoxy) is 4. The van der Waals surface area contributed by atoms with E-state index in [2.05, 4.69) is 20.8 Å². The molecule has 1 aliphatic heterocycles. The third kappa shape index (κ3) is 10.8. The van der Waals surface area contributed by atoms with Crippen molar-refractivity contribution in [3.63, 3.8) is 0 Å². The molecule has 0 N–H and O–H groups in total. The maximum absolute atomic E-state index is 12.6. The lowest BCUT2D eigenvalue weighted by atomic mass is 9.96. The van der Waals surface area contributed by atoms with E-state index in [4.69, 9.17) is 18.9 Å². The van der Waals surface area contributed by atoms with E-state index in [0.717, 1.165) is 43.3 Å². The normalized spacial score (nSPS) is 18.2. The zero-order valence-electron chi connectivity index (χ0n) is 23.8. The van der Waals surface area contributed by atoms with Crippen LogP contribution in [0.2, 0.25) is 0 Å². The molecule has 0 unspecified atom stereocenters. The maximum atomic E-state index is 12.6. The second-order valence-corrected chi connectivity index (χ2v) is 10.8. The predicted octanol–water partition coefficient (Wildman–Crippen LogP) is 8.91. The largest absolute Gasteiger partial charge is 0.494 e. The molecule has 0 aromatic heterocycles. The van der Waals surface area contributed by atoms with Crippen LogP contribution in [0.25, 0.3) is 0 Å². The van der Waals surface area contributed by atoms with E-state index in [-0.39, 0.29) is 12.3 Å². The van der Waals surface area contributed by atoms with E-state index < -0.39 is 0 Å². The highest BCUT2D eigenvalue weighted by Crippen LogP contribution is 2.29. The highest BCUT2D eigenvalue weighted by Gasteiger charge is 2.24. The smallest absolute Gasteiger partial charge is 0.343 e. The van der Waals surface area contributed by atoms with Crippen LogP contribution in [-0.2, 0) is 9.47 Å². The molecule has 0 radical (unpaired) electrons. The highest BCUT2D eigenvalue weighted by atomic mass is 16.7. The summed E-state index contributed by atoms with van der Waals surface area (Å²) in [6.45, 7) is 8.92. The van der Waals surface area contributed by atoms with Crippen molar-refractivity contribution in [2.75, 3.05) is 19.8 Å². The Morgan fingerprint density at radius 2 is 1.45 bits per heavy atom. The SMILES string of the molecule is CCCCCCCCCCOc1ccc(C(=O)Oc2ccc([C@H]3OC[C@H](CC[C@@H](C)CC)CO3)cc2)cc1. The number of benzene rings is 2. The quantitative estimate of drug-likeness (QED) is 0.117. The molecule has 0 aliphatic carbocycles. The first-order chi connectivity index (χ1) is 18.6. The van der Waals surface area contributed by atoms with Crippen LogP contribution in [0.3, 0.4) is 0 Å². The van der Waals surface area contributed by atoms with E-state index in [9.17, 15) is 4.79 Å². The third-order valence-electron chi connectivity index (χ3n) is 7.45. The van der Waals surface area contributed by atoms with Gasteiger partial charge in [-0.2, -0.15) is 0 Å². The van der Waals surface area contributed by atoms with E-state index in [1.165, 1.54) is 57.8 Å². The van der Waals surface area contributed by atoms with Crippen LogP contribution in [0, 0.1) is 11.8 Å². The number of carbonyl (C=O) groups excluding carboxylic acids is 1. The fourth-order valence-electron chi connectivity index (χ4n) is 4.60. The fraction of sp³-hybridized carbons (Fsp3) is 0.606. The van der Waals surface area contributed by atoms with Crippen molar-refractivity contribution >= 4 is 5.97 Å². The van der Waals surface area contributed by atoms with Gasteiger partial charge in [0, 0.05) is 11.5 Å². The number of carbonyl (C=O) groups is 1. The molecule has 0 bridgehead atoms. The Morgan fingerprint density at radius 1 is 0.842 bits per heavy atom. The summed E-state index contributed by atoms with van der Waals surface area (Å²) in [4.78, 5) is 12.6. The average Bonchev–Trinajstić information content (AvgIpc) is 2.96. The number of rotatable bonds is 17. The molecule has 1 saturated heterocycles. The summed E-state index contributed by atoms with van der Waals surface area (Å²) in [6, 6.07) is 14.5. The monoisotopic (exact) mass is 524 g/mol. The molecule has 0 amide bonds. The molecule has 2 aromatic rings. The van der Waals surface area contributed by atoms with Gasteiger partial charge in [-0.3, -0.25) is 0 Å². The van der Waals surface area contributed by atoms with Crippen molar-refractivity contribution in [2.24, 2.45) is 11.8 Å². The first-order valence-corrected chi connectivity index (χ1v) is 14.9. The Kier molecular flexibility index (Phi) is 13.7. The molecule has 2 aromatic carbocycles. The van der Waals surface area contributed by atoms with Gasteiger partial charge in [-0.15, -0.1) is 0 Å². The zero-order valence-corrected chi connectivity index (χ0v) is 23.8. The molecular weight excluding hydrogens is 476 g/mol. The van der Waals surface area contributed by atoms with Gasteiger partial charge in [0.25, 0.3) is 0 Å². The minimum atomic E-state index is -0.387. The molecule has 0 spiro atoms. The number of hydrogen-bond acceptors (Lipinski definition) is 5. The van der Waals surface area contributed by atoms with Crippen molar-refractivity contribution in [2.45, 2.75) is 97.7 Å². The Hall–Kier alpha value is -2.37. The molecular formula is C33H48O5. The minimum Gasteiger partial charge on any atom is -0.494 e. The lowest BCUT2D eigenvalue weighted by molar-refractivity contribution is -0.206. The second-order valence-electron chi connectivity index (χ2n) is 10.8. The summed E-state index contributed by atoms with van der Waals surface area (Å²) in [6.07, 6.45) is 13.4. The summed E-state index contributed by atoms with van der Waals surface area (Å²) < 4.78 is 23.3. The first kappa shape index (κ1) is 30.2. The van der Waals surface area contributed by atoms with Crippen LogP contribution in [-0.4, -0.2) is 25.8 Å². The molecule has 1 atom stereocenters. The van der Waals surface area contributed by atoms with Gasteiger partial charge in [0.05, 0.1) is 25.4 Å². The Labute approximate surface area is 230 Å². The Balaban J connectivity index is 1.34. The molecule has 5 nitrogen and oxygen atoms in total. The standard InChI is InChI=1S/C33H48O5/c1-4-6-7-8-9-10-11-12-23-35-30-19-15-28(16-20-30)32(34)38-31-21-17-29(18-22-31)33-36-24-27(25-37-33)14-13-26(3)5-2/h15-22,26-27,33H,4-14,23-25H2,1-3H3/t26-,27-,33-/m0/s1. The van der Waals surface area contributed by atoms with E-state index in [1.54, 1.807) is 24.3 Å². The number of unbranched alkanes of at least 4 members (excludes halogenated alkanes) is 7. The predicted molar refractivity (Wildman–Crippen MR) is 153 cm³/mol. The van der Waals surface area contributed by atoms with Crippen molar-refractivity contribution in [3.8, 4) is 11.5 Å². The lowest BCUT2D eigenvalue weighted by Gasteiger charge is -2.30. The summed E-state index contributed by atoms with van der Waals surface area (Å²) in [7, 11) is 0. The summed E-state index contributed by atoms with van der Waals surface area (Å²) in [5, 5.41) is 0. The molecule has 38 heavy (non-hydrogen) atoms. The topological polar surface area (TPSA) is 54.0 Å². The van der Waals surface area contributed by atoms with E-state index in [0.29, 0.717) is 23.8 Å². The maximum Gasteiger partial charge on any atom is 0.343 e. The van der Waals surface area contributed by atoms with Gasteiger partial charge in [-0.1, -0.05) is 90.7 Å². The minimum absolute atomic E-state index is 0.363. The van der Waals surface area contributed by atoms with Crippen LogP contribution >= 0.6 is 0 Å². The molecule has 1 fully saturated rings. The van der Waals surface area contributed by atoms with E-state index in [1.807, 2.05) is 24.3 Å². The Bertz CT molecular complexity index is 900. The van der Waals surface area contributed by atoms with Crippen molar-refractivity contribution in [3.05, 3.63) is 59.7 Å². The van der Waals surface area contributed by atoms with Gasteiger partial charge in [-0.25, -0.2) is 4.79 Å². The highest BCUT2D eigenvalue weighted by molar-refractivity contribution is 5.91. The van der Waals surface area contributed by atoms with Crippen LogP contribution in [0.5, 0.6) is 11.5 Å². The zero-order chi connectivity index (χ0) is 27.0. The molecule has 5 heteroatoms. The number of esters is 1. The van der Waals surface area contributed by atoms with Crippen LogP contribution in [0.4, 0.5) is 0 Å². The lowest BCUT2D eigenvalue weighted by Crippen LogP contribution is -2.27. The van der Waals surface area contributed by atoms with Crippen LogP contribution < -0.4 is 9.47 Å². The first-order valence-electron chi connectivity index (χ1n) is 14.9. The second kappa shape index (κ2) is 17.3. The summed E-state index contributed by atoms with van der Waals surface area (Å²) in [5.41, 5.74) is 1.43. The van der Waals surface area contributed by atoms with Crippen molar-refractivity contribution < 1.29 is 23.7 Å². The third-order valence-corrected chi connectivity index (χ3v) is 7.45. The fourth-order valence-corrected chi connectivity index (χ4v) is 4.60. The van der Waals surface area contributed by atoms with Gasteiger partial charge in [0.1, 0.15) is 11.5 Å². The molecule has 1 heterocycles. The van der Waals surface area contributed by atoms with Crippen molar-refractivity contribution in [1.29, 1.82) is 0 Å². The summed E-state index contributed by atoms with van der Waals surface area (Å²) >= 11 is 0. The molecule has 1 aliphatic rings. The Morgan fingerprint density at radius 3 is 2.08 bits per heavy atom. The molecule has 3 rings (SSSR count). The van der Waals surface area contributed by atoms with Crippen molar-refractivity contribution in [1.82, 2.24) is 0 Å². The van der Waals surface area contributed by atoms with Gasteiger partial charge >= 0.3 is 5.97 Å².